The van der Waals surface area contributed by atoms with Gasteiger partial charge in [-0.1, -0.05) is 214 Å². The first-order valence-electron chi connectivity index (χ1n) is 35.0. The molecule has 0 aliphatic heterocycles. The Morgan fingerprint density at radius 2 is 0.664 bits per heavy atom. The second-order valence-corrected chi connectivity index (χ2v) is 33.1. The van der Waals surface area contributed by atoms with Crippen molar-refractivity contribution in [1.29, 1.82) is 5.26 Å². The summed E-state index contributed by atoms with van der Waals surface area (Å²) in [4.78, 5) is 80.9. The van der Waals surface area contributed by atoms with E-state index in [9.17, 15) is 42.5 Å². The van der Waals surface area contributed by atoms with E-state index >= 15 is 0 Å². The highest BCUT2D eigenvalue weighted by Gasteiger charge is 2.42. The molecule has 0 aliphatic carbocycles. The van der Waals surface area contributed by atoms with Crippen molar-refractivity contribution in [2.45, 2.75) is 115 Å². The summed E-state index contributed by atoms with van der Waals surface area (Å²) in [5.41, 5.74) is 5.99. The number of rotatable bonds is 34. The molecule has 9 rings (SSSR count). The maximum absolute atomic E-state index is 14.9. The van der Waals surface area contributed by atoms with Crippen LogP contribution in [0.25, 0.3) is 0 Å². The van der Waals surface area contributed by atoms with E-state index in [-0.39, 0.29) is 66.3 Å². The number of aliphatic hydroxyl groups excluding tert-OH is 1. The van der Waals surface area contributed by atoms with Gasteiger partial charge in [-0.25, -0.2) is 9.79 Å². The maximum Gasteiger partial charge on any atom is 0.305 e. The quantitative estimate of drug-likeness (QED) is 0.00980. The molecule has 0 spiro atoms. The Kier molecular flexibility index (Phi) is 33.7. The van der Waals surface area contributed by atoms with E-state index in [1.807, 2.05) is 96.1 Å². The average molecular weight is 1510 g/mol. The molecule has 0 fully saturated rings. The molecule has 9 aromatic rings. The standard InChI is InChI=1S/C53H54O10P2.C24H25O4P.C8H12N2O2.CH4/c1-36-34-38(3)50(40(5)48(36)52(56)64(58,42-20-11-7-12-21-42)43-22-13-8-14-23-43)62-32-30-60-46(54)28-19-29-47(55)61-31-33-63-51-39(4)35-37(2)49(41(51)6)53(57)65(59,44-24-15-9-16-25-44)45-26-17-10-18-27-45;1-17-16-18(2)23(28-15-14-25)19(3)22(17)24(26)29(27,20-10-6-4-7-11-20)21-12-8-5-9-13-21;9-7-12-6-4-2-1-3-5-10-8-11;/h7-18,20-27,34-35H,19,28-33H2,1-6H3;4-13,16,25H,14-15H2,1-3H3;1-6H2;1H4. The number of unbranched alkanes of at least 4 members (excludes halogenated alkanes) is 3. The molecule has 21 heteroatoms. The van der Waals surface area contributed by atoms with Gasteiger partial charge in [0.2, 0.25) is 44.1 Å². The van der Waals surface area contributed by atoms with E-state index in [2.05, 4.69) is 9.73 Å². The Morgan fingerprint density at radius 3 is 0.935 bits per heavy atom. The summed E-state index contributed by atoms with van der Waals surface area (Å²) in [7, 11) is -11.1. The number of nitriles is 1. The highest BCUT2D eigenvalue weighted by atomic mass is 31.2. The fourth-order valence-corrected chi connectivity index (χ4v) is 20.5. The second kappa shape index (κ2) is 42.1. The van der Waals surface area contributed by atoms with Crippen LogP contribution in [0.4, 0.5) is 0 Å². The zero-order chi connectivity index (χ0) is 76.8. The maximum atomic E-state index is 14.9. The van der Waals surface area contributed by atoms with Crippen molar-refractivity contribution in [1.82, 2.24) is 0 Å². The predicted molar refractivity (Wildman–Crippen MR) is 423 cm³/mol. The second-order valence-electron chi connectivity index (χ2n) is 25.2. The summed E-state index contributed by atoms with van der Waals surface area (Å²) in [6, 6.07) is 58.5. The average Bonchev–Trinajstić information content (AvgIpc) is 0.763. The number of esters is 2. The van der Waals surface area contributed by atoms with Gasteiger partial charge >= 0.3 is 11.9 Å². The number of aliphatic imine (C=N–C) groups is 1. The smallest absolute Gasteiger partial charge is 0.305 e. The first-order valence-corrected chi connectivity index (χ1v) is 40.1. The van der Waals surface area contributed by atoms with Crippen molar-refractivity contribution in [3.63, 3.8) is 0 Å². The van der Waals surface area contributed by atoms with E-state index in [0.29, 0.717) is 107 Å². The lowest BCUT2D eigenvalue weighted by Crippen LogP contribution is -2.24. The summed E-state index contributed by atoms with van der Waals surface area (Å²) in [5.74, 6) is 0.440. The van der Waals surface area contributed by atoms with E-state index in [4.69, 9.17) is 34.1 Å². The Balaban J connectivity index is 0.000000349. The van der Waals surface area contributed by atoms with Gasteiger partial charge in [0.15, 0.2) is 0 Å². The van der Waals surface area contributed by atoms with Crippen LogP contribution in [-0.2, 0) is 42.3 Å². The van der Waals surface area contributed by atoms with E-state index in [1.165, 1.54) is 6.08 Å². The van der Waals surface area contributed by atoms with Crippen LogP contribution in [-0.4, -0.2) is 92.5 Å². The molecule has 0 heterocycles. The number of isocyanates is 1. The van der Waals surface area contributed by atoms with Gasteiger partial charge in [-0.05, 0) is 121 Å². The van der Waals surface area contributed by atoms with Gasteiger partial charge in [0.1, 0.15) is 56.9 Å². The van der Waals surface area contributed by atoms with Crippen LogP contribution in [0.5, 0.6) is 17.2 Å². The highest BCUT2D eigenvalue weighted by molar-refractivity contribution is 7.94. The Morgan fingerprint density at radius 1 is 0.383 bits per heavy atom. The number of benzene rings is 9. The topological polar surface area (TPSA) is 265 Å². The van der Waals surface area contributed by atoms with Crippen LogP contribution in [0.1, 0.15) is 134 Å². The molecule has 18 nitrogen and oxygen atoms in total. The fraction of sp³-hybridized carbons (Fsp3) is 0.291. The molecular weight excluding hydrogens is 1410 g/mol. The van der Waals surface area contributed by atoms with Gasteiger partial charge in [0.05, 0.1) is 13.2 Å². The zero-order valence-corrected chi connectivity index (χ0v) is 64.1. The van der Waals surface area contributed by atoms with Gasteiger partial charge in [0, 0.05) is 78.0 Å². The van der Waals surface area contributed by atoms with Gasteiger partial charge < -0.3 is 47.2 Å². The monoisotopic (exact) mass is 1500 g/mol. The van der Waals surface area contributed by atoms with Crippen molar-refractivity contribution in [2.75, 3.05) is 52.8 Å². The van der Waals surface area contributed by atoms with Crippen molar-refractivity contribution in [3.8, 4) is 23.5 Å². The molecule has 0 radical (unpaired) electrons. The molecule has 0 saturated carbocycles. The molecule has 560 valence electrons. The molecule has 0 aliphatic rings. The van der Waals surface area contributed by atoms with Gasteiger partial charge in [-0.2, -0.15) is 5.26 Å². The van der Waals surface area contributed by atoms with E-state index < -0.39 is 49.9 Å². The first kappa shape index (κ1) is 85.6. The molecule has 107 heavy (non-hydrogen) atoms. The number of carbonyl (C=O) groups is 5. The molecule has 0 saturated heterocycles. The number of aryl methyl sites for hydroxylation is 6. The minimum atomic E-state index is -3.76. The number of hydrogen-bond acceptors (Lipinski definition) is 18. The third-order valence-corrected chi connectivity index (χ3v) is 26.1. The third-order valence-electron chi connectivity index (χ3n) is 17.6. The molecule has 9 aromatic carbocycles. The fourth-order valence-electron chi connectivity index (χ4n) is 12.7. The SMILES string of the molecule is C.Cc1cc(C)c(C(=O)P(=O)(c2ccccc2)c2ccccc2)c(C)c1OCCO.Cc1cc(C)c(C(=O)P(=O)(c2ccccc2)c2ccccc2)c(C)c1OCCOC(=O)CCCC(=O)OCCOc1c(C)cc(C)c(C(=O)P(=O)(c2ccccc2)c2ccccc2)c1C.N#COCCCCCCN=C=O. The summed E-state index contributed by atoms with van der Waals surface area (Å²) in [5, 5.41) is 19.9. The Labute approximate surface area is 628 Å². The zero-order valence-electron chi connectivity index (χ0n) is 61.5. The third kappa shape index (κ3) is 21.7. The minimum Gasteiger partial charge on any atom is -0.491 e. The van der Waals surface area contributed by atoms with Crippen LogP contribution in [0, 0.1) is 73.8 Å². The summed E-state index contributed by atoms with van der Waals surface area (Å²) < 4.78 is 77.2. The Bertz CT molecular complexity index is 4420. The number of ether oxygens (including phenoxy) is 6. The van der Waals surface area contributed by atoms with Crippen molar-refractivity contribution in [2.24, 2.45) is 4.99 Å². The number of aliphatic hydroxyl groups is 1. The van der Waals surface area contributed by atoms with Crippen LogP contribution >= 0.6 is 21.4 Å². The van der Waals surface area contributed by atoms with Crippen LogP contribution in [0.2, 0.25) is 0 Å². The Hall–Kier alpha value is -10.4. The van der Waals surface area contributed by atoms with Crippen LogP contribution in [0.15, 0.2) is 205 Å². The molecule has 0 unspecified atom stereocenters. The van der Waals surface area contributed by atoms with Crippen molar-refractivity contribution >= 4 is 87.8 Å². The molecule has 0 aromatic heterocycles. The lowest BCUT2D eigenvalue weighted by atomic mass is 9.99. The van der Waals surface area contributed by atoms with Crippen LogP contribution < -0.4 is 46.0 Å². The van der Waals surface area contributed by atoms with Gasteiger partial charge in [0.25, 0.3) is 6.26 Å². The predicted octanol–water partition coefficient (Wildman–Crippen LogP) is 15.7. The van der Waals surface area contributed by atoms with Gasteiger partial charge in [-0.15, -0.1) is 0 Å². The van der Waals surface area contributed by atoms with Crippen molar-refractivity contribution < 1.29 is 76.0 Å². The van der Waals surface area contributed by atoms with Gasteiger partial charge in [-0.3, -0.25) is 24.0 Å². The van der Waals surface area contributed by atoms with Crippen LogP contribution in [0.3, 0.4) is 0 Å². The largest absolute Gasteiger partial charge is 0.491 e. The molecule has 0 bridgehead atoms. The molecular formula is C86H95N2O16P3. The normalized spacial score (nSPS) is 10.9. The van der Waals surface area contributed by atoms with Crippen molar-refractivity contribution in [3.05, 3.63) is 267 Å². The number of nitrogens with zero attached hydrogens (tertiary/aromatic N) is 2. The lowest BCUT2D eigenvalue weighted by Gasteiger charge is -2.22. The minimum absolute atomic E-state index is 0. The molecule has 0 amide bonds. The molecule has 1 N–H and O–H groups in total. The summed E-state index contributed by atoms with van der Waals surface area (Å²) in [6.07, 6.45) is 7.08. The van der Waals surface area contributed by atoms with E-state index in [1.54, 1.807) is 173 Å². The summed E-state index contributed by atoms with van der Waals surface area (Å²) >= 11 is 0. The summed E-state index contributed by atoms with van der Waals surface area (Å²) in [6.45, 7) is 17.4. The first-order chi connectivity index (χ1) is 51.0. The number of carbonyl (C=O) groups excluding carboxylic acids is 6. The van der Waals surface area contributed by atoms with E-state index in [0.717, 1.165) is 47.9 Å². The molecule has 0 atom stereocenters. The lowest BCUT2D eigenvalue weighted by molar-refractivity contribution is -0.146. The number of hydrogen-bond donors (Lipinski definition) is 1. The highest BCUT2D eigenvalue weighted by Crippen LogP contribution is 2.52.